The summed E-state index contributed by atoms with van der Waals surface area (Å²) in [5, 5.41) is 12.4. The van der Waals surface area contributed by atoms with Gasteiger partial charge in [-0.15, -0.1) is 0 Å². The Kier molecular flexibility index (Phi) is 10.3. The predicted octanol–water partition coefficient (Wildman–Crippen LogP) is 5.09. The number of aryl methyl sites for hydroxylation is 4. The van der Waals surface area contributed by atoms with Crippen molar-refractivity contribution in [3.63, 3.8) is 0 Å². The molecular formula is C35H43N5O4. The van der Waals surface area contributed by atoms with Crippen LogP contribution in [-0.4, -0.2) is 52.3 Å². The van der Waals surface area contributed by atoms with Crippen LogP contribution in [0.3, 0.4) is 0 Å². The maximum Gasteiger partial charge on any atom is 0.341 e. The van der Waals surface area contributed by atoms with Crippen molar-refractivity contribution in [3.8, 4) is 0 Å². The van der Waals surface area contributed by atoms with Crippen LogP contribution in [-0.2, 0) is 61.2 Å². The zero-order valence-corrected chi connectivity index (χ0v) is 26.3. The molecule has 2 aliphatic rings. The van der Waals surface area contributed by atoms with E-state index in [9.17, 15) is 9.59 Å². The van der Waals surface area contributed by atoms with Gasteiger partial charge < -0.3 is 14.8 Å². The standard InChI is InChI=1S/C18H22N2O2.C17H21N3O2/c1-3-17-16(18(21)22-2)12-20(19-17)11-13-8-9-14-6-4-5-7-15(14)10-13;1-3-16-15(17(21)22-2)11-20(19-16)10-12-4-5-13-6-7-18-9-14(13)8-12/h8-10,12H,3-7,11H2,1-2H3;4-5,8,11,18H,3,6-7,9-10H2,1-2H3. The van der Waals surface area contributed by atoms with E-state index in [0.29, 0.717) is 30.6 Å². The molecule has 6 rings (SSSR count). The van der Waals surface area contributed by atoms with E-state index in [1.165, 1.54) is 73.3 Å². The van der Waals surface area contributed by atoms with Crippen molar-refractivity contribution in [3.05, 3.63) is 105 Å². The van der Waals surface area contributed by atoms with E-state index in [2.05, 4.69) is 51.9 Å². The largest absolute Gasteiger partial charge is 0.465 e. The Hall–Kier alpha value is -4.24. The molecule has 1 N–H and O–H groups in total. The number of carbonyl (C=O) groups excluding carboxylic acids is 2. The van der Waals surface area contributed by atoms with Crippen molar-refractivity contribution in [2.24, 2.45) is 0 Å². The highest BCUT2D eigenvalue weighted by atomic mass is 16.5. The summed E-state index contributed by atoms with van der Waals surface area (Å²) in [7, 11) is 2.80. The number of esters is 2. The Bertz CT molecular complexity index is 1500. The molecule has 9 heteroatoms. The number of aromatic nitrogens is 4. The predicted molar refractivity (Wildman–Crippen MR) is 169 cm³/mol. The molecule has 0 radical (unpaired) electrons. The third-order valence-corrected chi connectivity index (χ3v) is 8.42. The van der Waals surface area contributed by atoms with Gasteiger partial charge >= 0.3 is 11.9 Å². The van der Waals surface area contributed by atoms with Crippen molar-refractivity contribution in [2.75, 3.05) is 20.8 Å². The van der Waals surface area contributed by atoms with Gasteiger partial charge in [-0.3, -0.25) is 9.36 Å². The summed E-state index contributed by atoms with van der Waals surface area (Å²) < 4.78 is 13.3. The topological polar surface area (TPSA) is 100 Å². The molecule has 0 saturated heterocycles. The number of carbonyl (C=O) groups is 2. The van der Waals surface area contributed by atoms with Gasteiger partial charge in [-0.05, 0) is 84.9 Å². The molecule has 0 fully saturated rings. The normalized spacial score (nSPS) is 13.7. The van der Waals surface area contributed by atoms with Gasteiger partial charge in [-0.2, -0.15) is 10.2 Å². The van der Waals surface area contributed by atoms with Crippen LogP contribution in [0.1, 0.15) is 92.2 Å². The fourth-order valence-corrected chi connectivity index (χ4v) is 6.06. The van der Waals surface area contributed by atoms with E-state index in [4.69, 9.17) is 9.47 Å². The molecule has 2 aromatic heterocycles. The first-order valence-corrected chi connectivity index (χ1v) is 15.6. The second-order valence-corrected chi connectivity index (χ2v) is 11.4. The Morgan fingerprint density at radius 3 is 1.75 bits per heavy atom. The molecule has 1 aliphatic carbocycles. The number of ether oxygens (including phenoxy) is 2. The smallest absolute Gasteiger partial charge is 0.341 e. The van der Waals surface area contributed by atoms with Gasteiger partial charge in [0.1, 0.15) is 11.1 Å². The highest BCUT2D eigenvalue weighted by Crippen LogP contribution is 2.23. The monoisotopic (exact) mass is 597 g/mol. The molecule has 0 bridgehead atoms. The number of hydrogen-bond donors (Lipinski definition) is 1. The van der Waals surface area contributed by atoms with Crippen molar-refractivity contribution in [2.45, 2.75) is 78.4 Å². The van der Waals surface area contributed by atoms with Crippen molar-refractivity contribution < 1.29 is 19.1 Å². The molecular weight excluding hydrogens is 554 g/mol. The highest BCUT2D eigenvalue weighted by molar-refractivity contribution is 5.90. The minimum atomic E-state index is -0.322. The summed E-state index contributed by atoms with van der Waals surface area (Å²) in [6.45, 7) is 7.32. The Labute approximate surface area is 259 Å². The van der Waals surface area contributed by atoms with Crippen molar-refractivity contribution in [1.29, 1.82) is 0 Å². The highest BCUT2D eigenvalue weighted by Gasteiger charge is 2.18. The number of nitrogens with one attached hydrogen (secondary N) is 1. The third kappa shape index (κ3) is 7.27. The summed E-state index contributed by atoms with van der Waals surface area (Å²) in [5.41, 5.74) is 10.9. The molecule has 9 nitrogen and oxygen atoms in total. The summed E-state index contributed by atoms with van der Waals surface area (Å²) in [6, 6.07) is 13.3. The van der Waals surface area contributed by atoms with E-state index < -0.39 is 0 Å². The molecule has 0 spiro atoms. The summed E-state index contributed by atoms with van der Waals surface area (Å²) >= 11 is 0. The zero-order valence-electron chi connectivity index (χ0n) is 26.3. The fourth-order valence-electron chi connectivity index (χ4n) is 6.06. The lowest BCUT2D eigenvalue weighted by atomic mass is 9.90. The Balaban J connectivity index is 0.000000175. The quantitative estimate of drug-likeness (QED) is 0.283. The first-order chi connectivity index (χ1) is 21.4. The SMILES string of the molecule is CCc1nn(Cc2ccc3c(c2)CCCC3)cc1C(=O)OC.CCc1nn(Cc2ccc3c(c2)CNCC3)cc1C(=O)OC. The molecule has 232 valence electrons. The lowest BCUT2D eigenvalue weighted by Crippen LogP contribution is -2.23. The molecule has 0 atom stereocenters. The number of hydrogen-bond acceptors (Lipinski definition) is 7. The molecule has 44 heavy (non-hydrogen) atoms. The maximum atomic E-state index is 11.8. The zero-order chi connectivity index (χ0) is 31.1. The minimum Gasteiger partial charge on any atom is -0.465 e. The van der Waals surface area contributed by atoms with E-state index >= 15 is 0 Å². The average molecular weight is 598 g/mol. The van der Waals surface area contributed by atoms with E-state index in [1.54, 1.807) is 12.4 Å². The second kappa shape index (κ2) is 14.5. The van der Waals surface area contributed by atoms with E-state index in [1.807, 2.05) is 23.2 Å². The lowest BCUT2D eigenvalue weighted by molar-refractivity contribution is 0.0590. The first-order valence-electron chi connectivity index (χ1n) is 15.6. The summed E-state index contributed by atoms with van der Waals surface area (Å²) in [5.74, 6) is -0.633. The average Bonchev–Trinajstić information content (AvgIpc) is 3.67. The lowest BCUT2D eigenvalue weighted by Gasteiger charge is -2.17. The van der Waals surface area contributed by atoms with E-state index in [0.717, 1.165) is 37.3 Å². The molecule has 0 amide bonds. The second-order valence-electron chi connectivity index (χ2n) is 11.4. The number of methoxy groups -OCH3 is 2. The third-order valence-electron chi connectivity index (χ3n) is 8.42. The van der Waals surface area contributed by atoms with Gasteiger partial charge in [-0.1, -0.05) is 50.2 Å². The number of nitrogens with zero attached hydrogens (tertiary/aromatic N) is 4. The van der Waals surface area contributed by atoms with Crippen LogP contribution in [0.25, 0.3) is 0 Å². The van der Waals surface area contributed by atoms with Gasteiger partial charge in [0.15, 0.2) is 0 Å². The maximum absolute atomic E-state index is 11.8. The van der Waals surface area contributed by atoms with Crippen LogP contribution < -0.4 is 5.32 Å². The van der Waals surface area contributed by atoms with Gasteiger partial charge in [-0.25, -0.2) is 9.59 Å². The van der Waals surface area contributed by atoms with Gasteiger partial charge in [0, 0.05) is 18.9 Å². The van der Waals surface area contributed by atoms with Gasteiger partial charge in [0.25, 0.3) is 0 Å². The Morgan fingerprint density at radius 1 is 0.727 bits per heavy atom. The van der Waals surface area contributed by atoms with Crippen LogP contribution in [0, 0.1) is 0 Å². The van der Waals surface area contributed by atoms with Gasteiger partial charge in [0.05, 0.1) is 38.7 Å². The number of rotatable bonds is 8. The number of benzene rings is 2. The van der Waals surface area contributed by atoms with Crippen LogP contribution in [0.5, 0.6) is 0 Å². The molecule has 0 unspecified atom stereocenters. The van der Waals surface area contributed by atoms with Crippen LogP contribution >= 0.6 is 0 Å². The first kappa shape index (κ1) is 31.2. The number of fused-ring (bicyclic) bond motifs is 2. The van der Waals surface area contributed by atoms with E-state index in [-0.39, 0.29) is 11.9 Å². The summed E-state index contributed by atoms with van der Waals surface area (Å²) in [4.78, 5) is 23.5. The van der Waals surface area contributed by atoms with Crippen LogP contribution in [0.4, 0.5) is 0 Å². The molecule has 1 aliphatic heterocycles. The van der Waals surface area contributed by atoms with Crippen LogP contribution in [0.15, 0.2) is 48.8 Å². The van der Waals surface area contributed by atoms with Crippen molar-refractivity contribution in [1.82, 2.24) is 24.9 Å². The summed E-state index contributed by atoms with van der Waals surface area (Å²) in [6.07, 6.45) is 11.1. The Morgan fingerprint density at radius 2 is 1.23 bits per heavy atom. The molecule has 0 saturated carbocycles. The minimum absolute atomic E-state index is 0.312. The molecule has 3 heterocycles. The molecule has 4 aromatic rings. The molecule has 2 aromatic carbocycles. The van der Waals surface area contributed by atoms with Crippen LogP contribution in [0.2, 0.25) is 0 Å². The van der Waals surface area contributed by atoms with Gasteiger partial charge in [0.2, 0.25) is 0 Å². The fraction of sp³-hybridized carbons (Fsp3) is 0.429. The van der Waals surface area contributed by atoms with Crippen molar-refractivity contribution >= 4 is 11.9 Å².